The summed E-state index contributed by atoms with van der Waals surface area (Å²) in [5.41, 5.74) is 11.5. The summed E-state index contributed by atoms with van der Waals surface area (Å²) in [6.45, 7) is 7.53. The van der Waals surface area contributed by atoms with E-state index in [-0.39, 0.29) is 42.6 Å². The zero-order valence-electron chi connectivity index (χ0n) is 28.9. The van der Waals surface area contributed by atoms with Crippen LogP contribution in [-0.2, 0) is 34.8 Å². The molecule has 9 N–H and O–H groups in total. The SMILES string of the molecule is CCOC1C(NC(=O)CNC(=O)[C@@H](CC2CCC(N=C(N)NC(=O)OC(C)(C)C)CC2)NS(=O)(=O)Cc2ccccc2)CCCN1C(=N)N. The molecule has 2 fully saturated rings. The first-order chi connectivity index (χ1) is 23.0. The number of carbonyl (C=O) groups is 3. The average molecular weight is 708 g/mol. The van der Waals surface area contributed by atoms with Crippen molar-refractivity contribution in [3.63, 3.8) is 0 Å². The molecule has 1 aliphatic carbocycles. The lowest BCUT2D eigenvalue weighted by Crippen LogP contribution is -2.60. The van der Waals surface area contributed by atoms with Crippen LogP contribution in [0.25, 0.3) is 0 Å². The van der Waals surface area contributed by atoms with Crippen LogP contribution in [-0.4, -0.2) is 92.8 Å². The van der Waals surface area contributed by atoms with E-state index in [2.05, 4.69) is 25.7 Å². The van der Waals surface area contributed by atoms with Gasteiger partial charge in [-0.05, 0) is 84.1 Å². The molecule has 1 aromatic carbocycles. The maximum atomic E-state index is 13.5. The van der Waals surface area contributed by atoms with Crippen LogP contribution < -0.4 is 32.1 Å². The monoisotopic (exact) mass is 707 g/mol. The van der Waals surface area contributed by atoms with E-state index in [1.165, 1.54) is 0 Å². The van der Waals surface area contributed by atoms with Gasteiger partial charge in [-0.25, -0.2) is 22.9 Å². The smallest absolute Gasteiger partial charge is 0.414 e. The minimum atomic E-state index is -3.93. The van der Waals surface area contributed by atoms with Crippen molar-refractivity contribution in [1.29, 1.82) is 5.41 Å². The van der Waals surface area contributed by atoms with Gasteiger partial charge in [0.1, 0.15) is 11.6 Å². The number of alkyl carbamates (subject to hydrolysis) is 1. The van der Waals surface area contributed by atoms with Crippen LogP contribution in [0.5, 0.6) is 0 Å². The first kappa shape index (κ1) is 39.5. The third kappa shape index (κ3) is 13.8. The van der Waals surface area contributed by atoms with Crippen molar-refractivity contribution in [2.45, 2.75) is 108 Å². The largest absolute Gasteiger partial charge is 0.444 e. The lowest BCUT2D eigenvalue weighted by molar-refractivity contribution is -0.129. The van der Waals surface area contributed by atoms with Crippen molar-refractivity contribution >= 4 is 39.8 Å². The van der Waals surface area contributed by atoms with E-state index >= 15 is 0 Å². The number of carbonyl (C=O) groups excluding carboxylic acids is 3. The summed E-state index contributed by atoms with van der Waals surface area (Å²) in [5, 5.41) is 15.8. The van der Waals surface area contributed by atoms with Crippen molar-refractivity contribution in [2.24, 2.45) is 22.4 Å². The van der Waals surface area contributed by atoms with Crippen molar-refractivity contribution in [3.05, 3.63) is 35.9 Å². The number of nitrogens with one attached hydrogen (secondary N) is 5. The molecular formula is C32H53N9O7S. The van der Waals surface area contributed by atoms with E-state index < -0.39 is 51.8 Å². The summed E-state index contributed by atoms with van der Waals surface area (Å²) < 4.78 is 39.9. The van der Waals surface area contributed by atoms with Gasteiger partial charge in [0, 0.05) is 13.2 Å². The Balaban J connectivity index is 1.63. The summed E-state index contributed by atoms with van der Waals surface area (Å²) in [7, 11) is -3.93. The molecule has 1 aliphatic heterocycles. The van der Waals surface area contributed by atoms with E-state index in [9.17, 15) is 22.8 Å². The quantitative estimate of drug-likeness (QED) is 0.114. The summed E-state index contributed by atoms with van der Waals surface area (Å²) in [4.78, 5) is 44.4. The molecule has 1 saturated carbocycles. The van der Waals surface area contributed by atoms with E-state index in [1.54, 1.807) is 56.0 Å². The fourth-order valence-electron chi connectivity index (χ4n) is 6.04. The van der Waals surface area contributed by atoms with E-state index in [4.69, 9.17) is 26.4 Å². The van der Waals surface area contributed by atoms with Crippen molar-refractivity contribution in [2.75, 3.05) is 19.7 Å². The Bertz CT molecular complexity index is 1410. The second-order valence-electron chi connectivity index (χ2n) is 13.4. The maximum absolute atomic E-state index is 13.5. The molecule has 0 radical (unpaired) electrons. The Kier molecular flexibility index (Phi) is 14.6. The first-order valence-electron chi connectivity index (χ1n) is 16.7. The summed E-state index contributed by atoms with van der Waals surface area (Å²) in [6, 6.07) is 6.92. The summed E-state index contributed by atoms with van der Waals surface area (Å²) >= 11 is 0. The second-order valence-corrected chi connectivity index (χ2v) is 15.2. The first-order valence-corrected chi connectivity index (χ1v) is 18.4. The van der Waals surface area contributed by atoms with Crippen LogP contribution in [0.2, 0.25) is 0 Å². The number of sulfonamides is 1. The molecule has 16 nitrogen and oxygen atoms in total. The number of likely N-dealkylation sites (tertiary alicyclic amines) is 1. The van der Waals surface area contributed by atoms with Crippen LogP contribution in [0.1, 0.15) is 78.2 Å². The van der Waals surface area contributed by atoms with Crippen molar-refractivity contribution < 1.29 is 32.3 Å². The van der Waals surface area contributed by atoms with Gasteiger partial charge in [-0.1, -0.05) is 30.3 Å². The molecule has 17 heteroatoms. The highest BCUT2D eigenvalue weighted by molar-refractivity contribution is 7.88. The van der Waals surface area contributed by atoms with Gasteiger partial charge >= 0.3 is 6.09 Å². The fraction of sp³-hybridized carbons (Fsp3) is 0.656. The number of nitrogens with zero attached hydrogens (tertiary/aromatic N) is 2. The Labute approximate surface area is 289 Å². The molecule has 3 rings (SSSR count). The van der Waals surface area contributed by atoms with E-state index in [1.807, 2.05) is 6.92 Å². The third-order valence-electron chi connectivity index (χ3n) is 8.16. The van der Waals surface area contributed by atoms with Gasteiger partial charge < -0.3 is 36.5 Å². The molecule has 1 aromatic rings. The predicted molar refractivity (Wildman–Crippen MR) is 186 cm³/mol. The van der Waals surface area contributed by atoms with Gasteiger partial charge in [-0.2, -0.15) is 0 Å². The number of ether oxygens (including phenoxy) is 2. The highest BCUT2D eigenvalue weighted by Gasteiger charge is 2.35. The van der Waals surface area contributed by atoms with Crippen LogP contribution >= 0.6 is 0 Å². The van der Waals surface area contributed by atoms with Crippen LogP contribution in [0.3, 0.4) is 0 Å². The lowest BCUT2D eigenvalue weighted by atomic mass is 9.82. The Morgan fingerprint density at radius 2 is 1.76 bits per heavy atom. The zero-order valence-corrected chi connectivity index (χ0v) is 29.7. The van der Waals surface area contributed by atoms with Gasteiger partial charge in [0.15, 0.2) is 18.1 Å². The van der Waals surface area contributed by atoms with Crippen LogP contribution in [0.4, 0.5) is 4.79 Å². The van der Waals surface area contributed by atoms with Gasteiger partial charge in [0.2, 0.25) is 21.8 Å². The highest BCUT2D eigenvalue weighted by Crippen LogP contribution is 2.30. The second kappa shape index (κ2) is 18.2. The average Bonchev–Trinajstić information content (AvgIpc) is 3.00. The number of rotatable bonds is 13. The normalized spacial score (nSPS) is 22.4. The van der Waals surface area contributed by atoms with Gasteiger partial charge in [0.05, 0.1) is 24.4 Å². The van der Waals surface area contributed by atoms with E-state index in [0.29, 0.717) is 57.2 Å². The number of guanidine groups is 2. The van der Waals surface area contributed by atoms with Gasteiger partial charge in [-0.15, -0.1) is 0 Å². The van der Waals surface area contributed by atoms with Crippen LogP contribution in [0.15, 0.2) is 35.3 Å². The Morgan fingerprint density at radius 1 is 1.08 bits per heavy atom. The highest BCUT2D eigenvalue weighted by atomic mass is 32.2. The molecule has 49 heavy (non-hydrogen) atoms. The number of nitrogens with two attached hydrogens (primary N) is 2. The minimum absolute atomic E-state index is 0.0118. The molecule has 1 saturated heterocycles. The van der Waals surface area contributed by atoms with Crippen molar-refractivity contribution in [1.82, 2.24) is 25.6 Å². The molecule has 0 aromatic heterocycles. The van der Waals surface area contributed by atoms with E-state index in [0.717, 1.165) is 0 Å². The standard InChI is InChI=1S/C32H53N9O7S/c1-5-47-28-24(12-9-17-41(28)29(33)34)38-26(42)19-36-27(43)25(40-49(45,46)20-22-10-7-6-8-11-22)18-21-13-15-23(16-14-21)37-30(35)39-31(44)48-32(2,3)4/h6-8,10-11,21,23-25,28,40H,5,9,12-20H2,1-4H3,(H3,33,34)(H,36,43)(H,38,42)(H3,35,37,39,44)/t21?,23?,24?,25-,28?/m1/s1. The number of aliphatic imine (C=N–C) groups is 1. The minimum Gasteiger partial charge on any atom is -0.444 e. The predicted octanol–water partition coefficient (Wildman–Crippen LogP) is 1.22. The number of amides is 3. The molecule has 3 amide bonds. The molecule has 274 valence electrons. The van der Waals surface area contributed by atoms with Crippen molar-refractivity contribution in [3.8, 4) is 0 Å². The number of benzene rings is 1. The molecule has 2 aliphatic rings. The zero-order chi connectivity index (χ0) is 36.2. The molecule has 2 unspecified atom stereocenters. The van der Waals surface area contributed by atoms with Gasteiger partial charge in [0.25, 0.3) is 0 Å². The molecule has 0 spiro atoms. The Morgan fingerprint density at radius 3 is 2.37 bits per heavy atom. The third-order valence-corrected chi connectivity index (χ3v) is 9.51. The summed E-state index contributed by atoms with van der Waals surface area (Å²) in [5.74, 6) is -1.61. The molecule has 1 heterocycles. The topological polar surface area (TPSA) is 243 Å². The molecule has 0 bridgehead atoms. The van der Waals surface area contributed by atoms with Crippen LogP contribution in [0, 0.1) is 11.3 Å². The summed E-state index contributed by atoms with van der Waals surface area (Å²) in [6.07, 6.45) is 2.72. The Hall–Kier alpha value is -3.96. The number of hydrogen-bond donors (Lipinski definition) is 7. The number of hydrogen-bond acceptors (Lipinski definition) is 9. The lowest BCUT2D eigenvalue weighted by Gasteiger charge is -2.41. The maximum Gasteiger partial charge on any atom is 0.414 e. The fourth-order valence-corrected chi connectivity index (χ4v) is 7.39. The molecular weight excluding hydrogens is 654 g/mol. The van der Waals surface area contributed by atoms with Gasteiger partial charge in [-0.3, -0.25) is 20.3 Å². The number of piperidine rings is 1. The molecule has 3 atom stereocenters.